The van der Waals surface area contributed by atoms with Gasteiger partial charge >= 0.3 is 0 Å². The molecule has 0 fully saturated rings. The number of hydrogen-bond acceptors (Lipinski definition) is 5. The van der Waals surface area contributed by atoms with Gasteiger partial charge in [-0.15, -0.1) is 0 Å². The van der Waals surface area contributed by atoms with Crippen LogP contribution in [0.3, 0.4) is 0 Å². The summed E-state index contributed by atoms with van der Waals surface area (Å²) in [4.78, 5) is 13.3. The first kappa shape index (κ1) is 18.8. The third-order valence-electron chi connectivity index (χ3n) is 4.39. The summed E-state index contributed by atoms with van der Waals surface area (Å²) in [5, 5.41) is 6.62. The molecule has 1 heterocycles. The van der Waals surface area contributed by atoms with Crippen LogP contribution in [0.2, 0.25) is 0 Å². The van der Waals surface area contributed by atoms with Crippen molar-refractivity contribution in [3.8, 4) is 0 Å². The van der Waals surface area contributed by atoms with Crippen molar-refractivity contribution >= 4 is 17.6 Å². The normalized spacial score (nSPS) is 10.6. The lowest BCUT2D eigenvalue weighted by Crippen LogP contribution is -2.10. The predicted molar refractivity (Wildman–Crippen MR) is 112 cm³/mol. The van der Waals surface area contributed by atoms with E-state index in [0.29, 0.717) is 17.7 Å². The van der Waals surface area contributed by atoms with Crippen molar-refractivity contribution in [3.63, 3.8) is 0 Å². The van der Waals surface area contributed by atoms with E-state index in [1.807, 2.05) is 6.92 Å². The van der Waals surface area contributed by atoms with Gasteiger partial charge in [0.15, 0.2) is 0 Å². The van der Waals surface area contributed by atoms with E-state index in [9.17, 15) is 0 Å². The van der Waals surface area contributed by atoms with Gasteiger partial charge in [0.25, 0.3) is 0 Å². The van der Waals surface area contributed by atoms with E-state index in [1.165, 1.54) is 16.7 Å². The maximum atomic E-state index is 4.50. The second kappa shape index (κ2) is 9.12. The minimum Gasteiger partial charge on any atom is -0.354 e. The molecule has 0 aliphatic carbocycles. The Balaban J connectivity index is 1.53. The number of rotatable bonds is 8. The van der Waals surface area contributed by atoms with Crippen molar-refractivity contribution in [3.05, 3.63) is 71.0 Å². The summed E-state index contributed by atoms with van der Waals surface area (Å²) < 4.78 is 0. The number of anilines is 3. The molecule has 0 saturated heterocycles. The number of nitrogens with one attached hydrogen (secondary N) is 2. The zero-order valence-electron chi connectivity index (χ0n) is 16.3. The van der Waals surface area contributed by atoms with Crippen molar-refractivity contribution in [1.82, 2.24) is 15.0 Å². The Morgan fingerprint density at radius 1 is 0.815 bits per heavy atom. The van der Waals surface area contributed by atoms with Gasteiger partial charge in [-0.3, -0.25) is 0 Å². The number of nitrogens with zero attached hydrogens (tertiary/aromatic N) is 3. The Hall–Kier alpha value is -2.95. The summed E-state index contributed by atoms with van der Waals surface area (Å²) in [5.74, 6) is 1.89. The molecule has 3 aromatic rings. The highest BCUT2D eigenvalue weighted by atomic mass is 15.2. The monoisotopic (exact) mass is 361 g/mol. The highest BCUT2D eigenvalue weighted by molar-refractivity contribution is 5.59. The summed E-state index contributed by atoms with van der Waals surface area (Å²) in [7, 11) is 0. The van der Waals surface area contributed by atoms with E-state index in [4.69, 9.17) is 0 Å². The first-order valence-corrected chi connectivity index (χ1v) is 9.45. The Labute approximate surface area is 161 Å². The van der Waals surface area contributed by atoms with Crippen LogP contribution in [0.5, 0.6) is 0 Å². The van der Waals surface area contributed by atoms with Crippen LogP contribution in [-0.2, 0) is 6.42 Å². The van der Waals surface area contributed by atoms with Crippen molar-refractivity contribution in [2.45, 2.75) is 40.0 Å². The van der Waals surface area contributed by atoms with Crippen LogP contribution in [0.15, 0.2) is 48.5 Å². The van der Waals surface area contributed by atoms with Crippen LogP contribution in [0.25, 0.3) is 0 Å². The molecule has 0 saturated carbocycles. The first-order valence-electron chi connectivity index (χ1n) is 9.45. The molecule has 0 spiro atoms. The van der Waals surface area contributed by atoms with Crippen molar-refractivity contribution in [2.24, 2.45) is 0 Å². The Bertz CT molecular complexity index is 877. The smallest absolute Gasteiger partial charge is 0.232 e. The molecule has 140 valence electrons. The summed E-state index contributed by atoms with van der Waals surface area (Å²) in [6.45, 7) is 6.90. The fourth-order valence-electron chi connectivity index (χ4n) is 2.99. The molecule has 0 amide bonds. The number of aryl methyl sites for hydroxylation is 4. The van der Waals surface area contributed by atoms with E-state index < -0.39 is 0 Å². The molecule has 5 heteroatoms. The van der Waals surface area contributed by atoms with Crippen LogP contribution >= 0.6 is 0 Å². The van der Waals surface area contributed by atoms with Gasteiger partial charge in [-0.1, -0.05) is 48.0 Å². The van der Waals surface area contributed by atoms with Gasteiger partial charge in [-0.2, -0.15) is 15.0 Å². The molecule has 3 rings (SSSR count). The lowest BCUT2D eigenvalue weighted by atomic mass is 10.1. The van der Waals surface area contributed by atoms with E-state index in [0.717, 1.165) is 31.5 Å². The summed E-state index contributed by atoms with van der Waals surface area (Å²) in [6.07, 6.45) is 3.30. The largest absolute Gasteiger partial charge is 0.354 e. The minimum absolute atomic E-state index is 0.571. The summed E-state index contributed by atoms with van der Waals surface area (Å²) in [5.41, 5.74) is 4.81. The lowest BCUT2D eigenvalue weighted by molar-refractivity contribution is 0.757. The molecule has 0 radical (unpaired) electrons. The molecule has 5 nitrogen and oxygen atoms in total. The molecule has 1 aromatic heterocycles. The zero-order valence-corrected chi connectivity index (χ0v) is 16.3. The molecule has 0 aliphatic rings. The SMILES string of the molecule is Cc1ccc(Nc2nc(C)nc(NCCCCc3ccccc3)n2)c(C)c1. The standard InChI is InChI=1S/C22H27N5/c1-16-12-13-20(17(2)15-16)26-22-25-18(3)24-21(27-22)23-14-8-7-11-19-9-5-4-6-10-19/h4-6,9-10,12-13,15H,7-8,11,14H2,1-3H3,(H2,23,24,25,26,27). The second-order valence-electron chi connectivity index (χ2n) is 6.84. The van der Waals surface area contributed by atoms with E-state index in [2.05, 4.69) is 88.0 Å². The molecule has 2 aromatic carbocycles. The number of unbranched alkanes of at least 4 members (excludes halogenated alkanes) is 1. The van der Waals surface area contributed by atoms with Gasteiger partial charge in [0.1, 0.15) is 5.82 Å². The van der Waals surface area contributed by atoms with Crippen LogP contribution in [0.1, 0.15) is 35.4 Å². The van der Waals surface area contributed by atoms with Gasteiger partial charge < -0.3 is 10.6 Å². The lowest BCUT2D eigenvalue weighted by Gasteiger charge is -2.11. The number of hydrogen-bond donors (Lipinski definition) is 2. The molecule has 0 unspecified atom stereocenters. The molecule has 0 atom stereocenters. The van der Waals surface area contributed by atoms with Crippen molar-refractivity contribution in [1.29, 1.82) is 0 Å². The van der Waals surface area contributed by atoms with Gasteiger partial charge in [-0.05, 0) is 57.2 Å². The van der Waals surface area contributed by atoms with Crippen LogP contribution in [0, 0.1) is 20.8 Å². The van der Waals surface area contributed by atoms with Crippen LogP contribution in [0.4, 0.5) is 17.6 Å². The average molecular weight is 361 g/mol. The topological polar surface area (TPSA) is 62.7 Å². The quantitative estimate of drug-likeness (QED) is 0.554. The first-order chi connectivity index (χ1) is 13.1. The van der Waals surface area contributed by atoms with Gasteiger partial charge in [0.2, 0.25) is 11.9 Å². The number of benzene rings is 2. The van der Waals surface area contributed by atoms with Crippen LogP contribution in [-0.4, -0.2) is 21.5 Å². The maximum Gasteiger partial charge on any atom is 0.232 e. The molecular weight excluding hydrogens is 334 g/mol. The third-order valence-corrected chi connectivity index (χ3v) is 4.39. The van der Waals surface area contributed by atoms with Gasteiger partial charge in [0.05, 0.1) is 0 Å². The van der Waals surface area contributed by atoms with E-state index >= 15 is 0 Å². The van der Waals surface area contributed by atoms with Gasteiger partial charge in [-0.25, -0.2) is 0 Å². The van der Waals surface area contributed by atoms with E-state index in [-0.39, 0.29) is 0 Å². The summed E-state index contributed by atoms with van der Waals surface area (Å²) >= 11 is 0. The Kier molecular flexibility index (Phi) is 6.36. The maximum absolute atomic E-state index is 4.50. The van der Waals surface area contributed by atoms with E-state index in [1.54, 1.807) is 0 Å². The molecule has 2 N–H and O–H groups in total. The molecule has 0 aliphatic heterocycles. The third kappa shape index (κ3) is 5.78. The Morgan fingerprint density at radius 2 is 1.59 bits per heavy atom. The van der Waals surface area contributed by atoms with Crippen molar-refractivity contribution < 1.29 is 0 Å². The number of aromatic nitrogens is 3. The fourth-order valence-corrected chi connectivity index (χ4v) is 2.99. The van der Waals surface area contributed by atoms with Gasteiger partial charge in [0, 0.05) is 12.2 Å². The molecular formula is C22H27N5. The Morgan fingerprint density at radius 3 is 2.37 bits per heavy atom. The fraction of sp³-hybridized carbons (Fsp3) is 0.318. The van der Waals surface area contributed by atoms with Crippen LogP contribution < -0.4 is 10.6 Å². The minimum atomic E-state index is 0.571. The molecule has 27 heavy (non-hydrogen) atoms. The van der Waals surface area contributed by atoms with Crippen molar-refractivity contribution in [2.75, 3.05) is 17.2 Å². The highest BCUT2D eigenvalue weighted by Crippen LogP contribution is 2.20. The highest BCUT2D eigenvalue weighted by Gasteiger charge is 2.06. The second-order valence-corrected chi connectivity index (χ2v) is 6.84. The predicted octanol–water partition coefficient (Wildman–Crippen LogP) is 4.98. The summed E-state index contributed by atoms with van der Waals surface area (Å²) in [6, 6.07) is 16.9. The molecule has 0 bridgehead atoms. The zero-order chi connectivity index (χ0) is 19.1. The average Bonchev–Trinajstić information content (AvgIpc) is 2.64.